The molecule has 2 N–H and O–H groups in total. The van der Waals surface area contributed by atoms with Crippen molar-refractivity contribution in [2.45, 2.75) is 6.04 Å². The van der Waals surface area contributed by atoms with Gasteiger partial charge in [-0.05, 0) is 6.07 Å². The van der Waals surface area contributed by atoms with Crippen molar-refractivity contribution >= 4 is 11.9 Å². The summed E-state index contributed by atoms with van der Waals surface area (Å²) in [6, 6.07) is 1.59. The van der Waals surface area contributed by atoms with Gasteiger partial charge in [0, 0.05) is 51.3 Å². The second-order valence-electron chi connectivity index (χ2n) is 5.40. The first-order valence-electron chi connectivity index (χ1n) is 7.09. The lowest BCUT2D eigenvalue weighted by Crippen LogP contribution is -2.41. The number of nitrogens with zero attached hydrogens (tertiary/aromatic N) is 5. The molecule has 116 valence electrons. The minimum absolute atomic E-state index is 0.00347. The zero-order chi connectivity index (χ0) is 15.5. The molecule has 3 rings (SSSR count). The molecule has 1 saturated heterocycles. The molecule has 0 aliphatic carbocycles. The highest BCUT2D eigenvalue weighted by atomic mass is 16.3. The van der Waals surface area contributed by atoms with E-state index in [4.69, 9.17) is 0 Å². The van der Waals surface area contributed by atoms with Gasteiger partial charge in [-0.15, -0.1) is 0 Å². The van der Waals surface area contributed by atoms with Crippen molar-refractivity contribution in [2.75, 3.05) is 24.6 Å². The third-order valence-electron chi connectivity index (χ3n) is 3.76. The normalized spacial score (nSPS) is 21.1. The van der Waals surface area contributed by atoms with Crippen molar-refractivity contribution in [3.05, 3.63) is 36.7 Å². The Labute approximate surface area is 127 Å². The summed E-state index contributed by atoms with van der Waals surface area (Å²) in [7, 11) is 1.81. The quantitative estimate of drug-likeness (QED) is 0.786. The van der Waals surface area contributed by atoms with Crippen molar-refractivity contribution < 1.29 is 9.90 Å². The molecule has 1 aliphatic rings. The first-order valence-corrected chi connectivity index (χ1v) is 7.09. The van der Waals surface area contributed by atoms with Gasteiger partial charge in [0.05, 0.1) is 12.4 Å². The molecule has 1 aliphatic heterocycles. The number of nitrogens with one attached hydrogen (secondary N) is 1. The maximum absolute atomic E-state index is 12.2. The molecule has 0 saturated carbocycles. The number of aryl methyl sites for hydroxylation is 1. The van der Waals surface area contributed by atoms with Crippen LogP contribution in [0.4, 0.5) is 5.95 Å². The van der Waals surface area contributed by atoms with E-state index >= 15 is 0 Å². The lowest BCUT2D eigenvalue weighted by atomic mass is 10.1. The van der Waals surface area contributed by atoms with E-state index in [1.54, 1.807) is 35.6 Å². The van der Waals surface area contributed by atoms with E-state index < -0.39 is 0 Å². The number of amides is 1. The Hall–Kier alpha value is -2.48. The van der Waals surface area contributed by atoms with Crippen LogP contribution in [0.25, 0.3) is 0 Å². The van der Waals surface area contributed by atoms with Gasteiger partial charge < -0.3 is 19.9 Å². The zero-order valence-corrected chi connectivity index (χ0v) is 12.3. The highest BCUT2D eigenvalue weighted by Gasteiger charge is 2.34. The molecule has 3 heterocycles. The fraction of sp³-hybridized carbons (Fsp3) is 0.429. The molecule has 8 heteroatoms. The van der Waals surface area contributed by atoms with Crippen LogP contribution in [0.5, 0.6) is 0 Å². The molecule has 1 amide bonds. The van der Waals surface area contributed by atoms with Crippen LogP contribution < -0.4 is 10.2 Å². The lowest BCUT2D eigenvalue weighted by molar-refractivity contribution is 0.0917. The molecule has 2 aromatic rings. The summed E-state index contributed by atoms with van der Waals surface area (Å²) in [6.07, 6.45) is 6.60. The van der Waals surface area contributed by atoms with Crippen LogP contribution in [0.1, 0.15) is 10.5 Å². The Morgan fingerprint density at radius 3 is 2.77 bits per heavy atom. The van der Waals surface area contributed by atoms with Gasteiger partial charge >= 0.3 is 0 Å². The summed E-state index contributed by atoms with van der Waals surface area (Å²) in [4.78, 5) is 26.6. The topological polar surface area (TPSA) is 96.2 Å². The van der Waals surface area contributed by atoms with Gasteiger partial charge in [0.1, 0.15) is 5.69 Å². The van der Waals surface area contributed by atoms with Gasteiger partial charge in [0.2, 0.25) is 5.95 Å². The minimum atomic E-state index is -0.236. The number of hydrogen-bond donors (Lipinski definition) is 2. The SMILES string of the molecule is Cn1cnc(C(=O)N[C@@H]2CN(c3ncccn3)C[C@H]2CO)c1. The Kier molecular flexibility index (Phi) is 4.01. The highest BCUT2D eigenvalue weighted by molar-refractivity contribution is 5.92. The molecule has 1 fully saturated rings. The lowest BCUT2D eigenvalue weighted by Gasteiger charge is -2.17. The van der Waals surface area contributed by atoms with E-state index in [0.717, 1.165) is 0 Å². The molecule has 2 atom stereocenters. The Balaban J connectivity index is 1.69. The molecular formula is C14H18N6O2. The van der Waals surface area contributed by atoms with Crippen LogP contribution >= 0.6 is 0 Å². The molecule has 0 unspecified atom stereocenters. The monoisotopic (exact) mass is 302 g/mol. The van der Waals surface area contributed by atoms with Gasteiger partial charge in [0.15, 0.2) is 0 Å². The van der Waals surface area contributed by atoms with E-state index in [9.17, 15) is 9.90 Å². The second-order valence-corrected chi connectivity index (χ2v) is 5.40. The van der Waals surface area contributed by atoms with E-state index in [1.807, 2.05) is 11.9 Å². The Morgan fingerprint density at radius 1 is 1.36 bits per heavy atom. The molecule has 0 spiro atoms. The fourth-order valence-electron chi connectivity index (χ4n) is 2.61. The number of anilines is 1. The van der Waals surface area contributed by atoms with Gasteiger partial charge in [-0.1, -0.05) is 0 Å². The summed E-state index contributed by atoms with van der Waals surface area (Å²) < 4.78 is 1.72. The highest BCUT2D eigenvalue weighted by Crippen LogP contribution is 2.20. The summed E-state index contributed by atoms with van der Waals surface area (Å²) in [5.41, 5.74) is 0.369. The number of hydrogen-bond acceptors (Lipinski definition) is 6. The van der Waals surface area contributed by atoms with Crippen LogP contribution in [0.3, 0.4) is 0 Å². The van der Waals surface area contributed by atoms with Crippen molar-refractivity contribution in [1.82, 2.24) is 24.8 Å². The molecule has 0 bridgehead atoms. The molecule has 22 heavy (non-hydrogen) atoms. The van der Waals surface area contributed by atoms with Gasteiger partial charge in [0.25, 0.3) is 5.91 Å². The smallest absolute Gasteiger partial charge is 0.271 e. The third kappa shape index (κ3) is 2.91. The van der Waals surface area contributed by atoms with Gasteiger partial charge in [-0.2, -0.15) is 0 Å². The van der Waals surface area contributed by atoms with E-state index in [0.29, 0.717) is 24.7 Å². The predicted molar refractivity (Wildman–Crippen MR) is 79.3 cm³/mol. The third-order valence-corrected chi connectivity index (χ3v) is 3.76. The van der Waals surface area contributed by atoms with Crippen molar-refractivity contribution in [3.63, 3.8) is 0 Å². The largest absolute Gasteiger partial charge is 0.396 e. The molecule has 2 aromatic heterocycles. The molecule has 0 aromatic carbocycles. The van der Waals surface area contributed by atoms with Crippen LogP contribution in [0, 0.1) is 5.92 Å². The minimum Gasteiger partial charge on any atom is -0.396 e. The zero-order valence-electron chi connectivity index (χ0n) is 12.3. The Bertz CT molecular complexity index is 644. The standard InChI is InChI=1S/C14H18N6O2/c1-19-6-12(17-9-19)13(22)18-11-7-20(5-10(11)8-21)14-15-3-2-4-16-14/h2-4,6,9-11,21H,5,7-8H2,1H3,(H,18,22)/t10-,11+/m0/s1. The summed E-state index contributed by atoms with van der Waals surface area (Å²) in [6.45, 7) is 1.16. The van der Waals surface area contributed by atoms with Crippen molar-refractivity contribution in [3.8, 4) is 0 Å². The molecular weight excluding hydrogens is 284 g/mol. The fourth-order valence-corrected chi connectivity index (χ4v) is 2.61. The Morgan fingerprint density at radius 2 is 2.14 bits per heavy atom. The number of imidazole rings is 1. The summed E-state index contributed by atoms with van der Waals surface area (Å²) >= 11 is 0. The first kappa shape index (κ1) is 14.5. The average molecular weight is 302 g/mol. The van der Waals surface area contributed by atoms with E-state index in [-0.39, 0.29) is 24.5 Å². The maximum atomic E-state index is 12.2. The molecule has 0 radical (unpaired) electrons. The van der Waals surface area contributed by atoms with Crippen LogP contribution in [-0.4, -0.2) is 56.3 Å². The number of carbonyl (C=O) groups is 1. The summed E-state index contributed by atoms with van der Waals surface area (Å²) in [5.74, 6) is 0.312. The number of aromatic nitrogens is 4. The first-order chi connectivity index (χ1) is 10.7. The maximum Gasteiger partial charge on any atom is 0.271 e. The van der Waals surface area contributed by atoms with Crippen LogP contribution in [-0.2, 0) is 7.05 Å². The predicted octanol–water partition coefficient (Wildman–Crippen LogP) is -0.563. The van der Waals surface area contributed by atoms with Crippen LogP contribution in [0.2, 0.25) is 0 Å². The van der Waals surface area contributed by atoms with Crippen LogP contribution in [0.15, 0.2) is 31.0 Å². The number of aliphatic hydroxyl groups is 1. The van der Waals surface area contributed by atoms with Gasteiger partial charge in [-0.25, -0.2) is 15.0 Å². The number of aliphatic hydroxyl groups excluding tert-OH is 1. The second kappa shape index (κ2) is 6.10. The molecule has 8 nitrogen and oxygen atoms in total. The number of carbonyl (C=O) groups excluding carboxylic acids is 1. The summed E-state index contributed by atoms with van der Waals surface area (Å²) in [5, 5.41) is 12.5. The van der Waals surface area contributed by atoms with Crippen molar-refractivity contribution in [1.29, 1.82) is 0 Å². The average Bonchev–Trinajstić information content (AvgIpc) is 3.14. The van der Waals surface area contributed by atoms with E-state index in [2.05, 4.69) is 20.3 Å². The van der Waals surface area contributed by atoms with Crippen molar-refractivity contribution in [2.24, 2.45) is 13.0 Å². The number of rotatable bonds is 4. The van der Waals surface area contributed by atoms with E-state index in [1.165, 1.54) is 0 Å². The van der Waals surface area contributed by atoms with Gasteiger partial charge in [-0.3, -0.25) is 4.79 Å².